The van der Waals surface area contributed by atoms with Gasteiger partial charge in [-0.3, -0.25) is 14.9 Å². The van der Waals surface area contributed by atoms with Gasteiger partial charge in [0.25, 0.3) is 0 Å². The molecule has 0 bridgehead atoms. The van der Waals surface area contributed by atoms with Crippen LogP contribution in [-0.2, 0) is 16.0 Å². The zero-order valence-electron chi connectivity index (χ0n) is 13.9. The molecule has 0 spiro atoms. The van der Waals surface area contributed by atoms with Crippen LogP contribution in [0.4, 0.5) is 0 Å². The number of rotatable bonds is 8. The Bertz CT molecular complexity index is 847. The summed E-state index contributed by atoms with van der Waals surface area (Å²) in [6, 6.07) is 3.70. The summed E-state index contributed by atoms with van der Waals surface area (Å²) in [5.74, 6) is 1.09. The molecule has 8 nitrogen and oxygen atoms in total. The zero-order chi connectivity index (χ0) is 17.6. The van der Waals surface area contributed by atoms with E-state index < -0.39 is 0 Å². The second-order valence-electron chi connectivity index (χ2n) is 5.10. The van der Waals surface area contributed by atoms with Crippen LogP contribution in [0.25, 0.3) is 21.3 Å². The molecule has 25 heavy (non-hydrogen) atoms. The van der Waals surface area contributed by atoms with Gasteiger partial charge in [0, 0.05) is 24.6 Å². The van der Waals surface area contributed by atoms with Crippen molar-refractivity contribution < 1.29 is 14.3 Å². The van der Waals surface area contributed by atoms with Gasteiger partial charge in [-0.05, 0) is 19.1 Å². The number of pyridine rings is 1. The molecule has 3 rings (SSSR count). The number of ketones is 1. The Labute approximate surface area is 148 Å². The number of H-pyrrole nitrogens is 1. The van der Waals surface area contributed by atoms with Gasteiger partial charge in [0.1, 0.15) is 22.8 Å². The summed E-state index contributed by atoms with van der Waals surface area (Å²) >= 11 is 1.44. The van der Waals surface area contributed by atoms with Crippen LogP contribution < -0.4 is 4.74 Å². The highest BCUT2D eigenvalue weighted by atomic mass is 32.1. The maximum Gasteiger partial charge on any atom is 0.236 e. The molecule has 130 valence electrons. The second-order valence-corrected chi connectivity index (χ2v) is 6.10. The predicted octanol–water partition coefficient (Wildman–Crippen LogP) is 2.15. The molecule has 0 aliphatic carbocycles. The van der Waals surface area contributed by atoms with Gasteiger partial charge in [-0.1, -0.05) is 0 Å². The Hall–Kier alpha value is -2.65. The molecule has 3 aromatic rings. The first kappa shape index (κ1) is 17.2. The van der Waals surface area contributed by atoms with Gasteiger partial charge in [0.15, 0.2) is 11.6 Å². The third-order valence-corrected chi connectivity index (χ3v) is 4.35. The van der Waals surface area contributed by atoms with Gasteiger partial charge in [0.2, 0.25) is 5.88 Å². The number of aromatic amines is 1. The largest absolute Gasteiger partial charge is 0.477 e. The molecule has 0 fully saturated rings. The predicted molar refractivity (Wildman–Crippen MR) is 92.5 cm³/mol. The van der Waals surface area contributed by atoms with Crippen LogP contribution in [0.5, 0.6) is 5.88 Å². The first-order valence-electron chi connectivity index (χ1n) is 7.66. The Morgan fingerprint density at radius 2 is 2.24 bits per heavy atom. The van der Waals surface area contributed by atoms with Crippen LogP contribution in [0.1, 0.15) is 12.6 Å². The summed E-state index contributed by atoms with van der Waals surface area (Å²) < 4.78 is 10.5. The standard InChI is InChI=1S/C16H17N5O3S/c1-3-24-15-13(14-18-9-19-21-14)25-16(20-15)10-4-5-17-11(6-10)7-12(22)8-23-2/h4-6,9H,3,7-8H2,1-2H3,(H,18,19,21). The van der Waals surface area contributed by atoms with Crippen molar-refractivity contribution >= 4 is 17.1 Å². The molecule has 0 aliphatic rings. The molecule has 0 amide bonds. The highest BCUT2D eigenvalue weighted by molar-refractivity contribution is 7.18. The molecule has 0 radical (unpaired) electrons. The number of hydrogen-bond donors (Lipinski definition) is 1. The van der Waals surface area contributed by atoms with Gasteiger partial charge in [-0.2, -0.15) is 5.10 Å². The SMILES string of the molecule is CCOc1nc(-c2ccnc(CC(=O)COC)c2)sc1-c1ncn[nH]1. The van der Waals surface area contributed by atoms with E-state index in [0.717, 1.165) is 15.4 Å². The Kier molecular flexibility index (Phi) is 5.46. The van der Waals surface area contributed by atoms with E-state index in [1.54, 1.807) is 6.20 Å². The third-order valence-electron chi connectivity index (χ3n) is 3.25. The molecule has 0 unspecified atom stereocenters. The van der Waals surface area contributed by atoms with E-state index in [2.05, 4.69) is 25.1 Å². The number of ether oxygens (including phenoxy) is 2. The molecule has 9 heteroatoms. The fraction of sp³-hybridized carbons (Fsp3) is 0.312. The highest BCUT2D eigenvalue weighted by Crippen LogP contribution is 2.38. The fourth-order valence-corrected chi connectivity index (χ4v) is 3.20. The second kappa shape index (κ2) is 7.95. The lowest BCUT2D eigenvalue weighted by Crippen LogP contribution is -2.10. The van der Waals surface area contributed by atoms with Crippen LogP contribution in [-0.4, -0.2) is 51.3 Å². The van der Waals surface area contributed by atoms with Crippen molar-refractivity contribution in [3.63, 3.8) is 0 Å². The van der Waals surface area contributed by atoms with Crippen molar-refractivity contribution in [1.29, 1.82) is 0 Å². The van der Waals surface area contributed by atoms with Crippen molar-refractivity contribution in [2.45, 2.75) is 13.3 Å². The molecule has 0 aliphatic heterocycles. The van der Waals surface area contributed by atoms with Gasteiger partial charge in [-0.25, -0.2) is 9.97 Å². The monoisotopic (exact) mass is 359 g/mol. The van der Waals surface area contributed by atoms with Gasteiger partial charge < -0.3 is 9.47 Å². The molecule has 0 saturated carbocycles. The summed E-state index contributed by atoms with van der Waals surface area (Å²) in [6.07, 6.45) is 3.33. The number of nitrogens with one attached hydrogen (secondary N) is 1. The molecule has 3 aromatic heterocycles. The van der Waals surface area contributed by atoms with E-state index in [-0.39, 0.29) is 18.8 Å². The van der Waals surface area contributed by atoms with Crippen LogP contribution in [0.2, 0.25) is 0 Å². The third kappa shape index (κ3) is 4.06. The smallest absolute Gasteiger partial charge is 0.236 e. The van der Waals surface area contributed by atoms with Crippen LogP contribution in [0.3, 0.4) is 0 Å². The van der Waals surface area contributed by atoms with Gasteiger partial charge in [0.05, 0.1) is 13.0 Å². The Morgan fingerprint density at radius 3 is 2.96 bits per heavy atom. The number of Topliss-reactive ketones (excluding diaryl/α,β-unsaturated/α-hetero) is 1. The Balaban J connectivity index is 1.91. The summed E-state index contributed by atoms with van der Waals surface area (Å²) in [5, 5.41) is 7.46. The highest BCUT2D eigenvalue weighted by Gasteiger charge is 2.18. The van der Waals surface area contributed by atoms with E-state index >= 15 is 0 Å². The van der Waals surface area contributed by atoms with E-state index in [1.165, 1.54) is 24.8 Å². The minimum atomic E-state index is -0.0244. The van der Waals surface area contributed by atoms with Crippen LogP contribution >= 0.6 is 11.3 Å². The zero-order valence-corrected chi connectivity index (χ0v) is 14.7. The number of carbonyl (C=O) groups is 1. The summed E-state index contributed by atoms with van der Waals surface area (Å²) in [5.41, 5.74) is 1.54. The van der Waals surface area contributed by atoms with Crippen LogP contribution in [0.15, 0.2) is 24.7 Å². The molecule has 0 atom stereocenters. The number of methoxy groups -OCH3 is 1. The first-order valence-corrected chi connectivity index (χ1v) is 8.48. The number of carbonyl (C=O) groups excluding carboxylic acids is 1. The van der Waals surface area contributed by atoms with Crippen molar-refractivity contribution in [3.05, 3.63) is 30.4 Å². The number of thiazole rings is 1. The normalized spacial score (nSPS) is 10.8. The maximum absolute atomic E-state index is 11.7. The first-order chi connectivity index (χ1) is 12.2. The summed E-state index contributed by atoms with van der Waals surface area (Å²) in [4.78, 5) is 25.5. The lowest BCUT2D eigenvalue weighted by atomic mass is 10.1. The number of hydrogen-bond acceptors (Lipinski definition) is 8. The fourth-order valence-electron chi connectivity index (χ4n) is 2.25. The lowest BCUT2D eigenvalue weighted by molar-refractivity contribution is -0.122. The van der Waals surface area contributed by atoms with E-state index in [1.807, 2.05) is 19.1 Å². The van der Waals surface area contributed by atoms with Crippen molar-refractivity contribution in [2.75, 3.05) is 20.3 Å². The minimum Gasteiger partial charge on any atom is -0.477 e. The van der Waals surface area contributed by atoms with Gasteiger partial charge in [-0.15, -0.1) is 11.3 Å². The van der Waals surface area contributed by atoms with Crippen molar-refractivity contribution in [1.82, 2.24) is 25.1 Å². The number of nitrogens with zero attached hydrogens (tertiary/aromatic N) is 4. The molecule has 1 N–H and O–H groups in total. The summed E-state index contributed by atoms with van der Waals surface area (Å²) in [7, 11) is 1.50. The summed E-state index contributed by atoms with van der Waals surface area (Å²) in [6.45, 7) is 2.47. The Morgan fingerprint density at radius 1 is 1.36 bits per heavy atom. The molecule has 3 heterocycles. The molecule has 0 aromatic carbocycles. The lowest BCUT2D eigenvalue weighted by Gasteiger charge is -2.02. The van der Waals surface area contributed by atoms with E-state index in [0.29, 0.717) is 24.0 Å². The maximum atomic E-state index is 11.7. The van der Waals surface area contributed by atoms with Crippen molar-refractivity contribution in [3.8, 4) is 27.2 Å². The molecule has 0 saturated heterocycles. The van der Waals surface area contributed by atoms with Crippen LogP contribution in [0, 0.1) is 0 Å². The topological polar surface area (TPSA) is 103 Å². The quantitative estimate of drug-likeness (QED) is 0.657. The van der Waals surface area contributed by atoms with E-state index in [9.17, 15) is 4.79 Å². The minimum absolute atomic E-state index is 0.0244. The van der Waals surface area contributed by atoms with Crippen molar-refractivity contribution in [2.24, 2.45) is 0 Å². The van der Waals surface area contributed by atoms with Gasteiger partial charge >= 0.3 is 0 Å². The molecular formula is C16H17N5O3S. The average molecular weight is 359 g/mol. The average Bonchev–Trinajstić information content (AvgIpc) is 3.25. The molecular weight excluding hydrogens is 342 g/mol. The number of aromatic nitrogens is 5. The van der Waals surface area contributed by atoms with E-state index in [4.69, 9.17) is 9.47 Å².